The maximum atomic E-state index is 13.0. The molecule has 15 heteroatoms. The Kier molecular flexibility index (Phi) is 14.0. The summed E-state index contributed by atoms with van der Waals surface area (Å²) in [5.41, 5.74) is -0.823. The molecule has 1 aliphatic rings. The Morgan fingerprint density at radius 3 is 2.33 bits per heavy atom. The highest BCUT2D eigenvalue weighted by atomic mass is 32.2. The quantitative estimate of drug-likeness (QED) is 0.117. The number of carbonyl (C=O) groups is 6. The minimum atomic E-state index is -4.06. The van der Waals surface area contributed by atoms with Gasteiger partial charge in [0.25, 0.3) is 5.91 Å². The van der Waals surface area contributed by atoms with Crippen LogP contribution in [0.5, 0.6) is 5.75 Å². The van der Waals surface area contributed by atoms with Gasteiger partial charge >= 0.3 is 13.8 Å². The molecule has 1 heterocycles. The molecule has 4 atom stereocenters. The number of thioether (sulfide) groups is 1. The number of phosphoric acid groups is 1. The molecule has 2 rings (SSSR count). The zero-order chi connectivity index (χ0) is 32.2. The van der Waals surface area contributed by atoms with Gasteiger partial charge in [0.1, 0.15) is 11.5 Å². The second-order valence-electron chi connectivity index (χ2n) is 10.5. The molecule has 1 fully saturated rings. The molecular weight excluding hydrogens is 603 g/mol. The number of esters is 1. The van der Waals surface area contributed by atoms with E-state index in [9.17, 15) is 33.3 Å². The lowest BCUT2D eigenvalue weighted by Gasteiger charge is -2.39. The van der Waals surface area contributed by atoms with E-state index in [2.05, 4.69) is 15.4 Å². The number of amides is 2. The molecular formula is C28H39N2O11PS. The first kappa shape index (κ1) is 36.1. The fraction of sp³-hybridized carbons (Fsp3) is 0.571. The predicted molar refractivity (Wildman–Crippen MR) is 157 cm³/mol. The number of methoxy groups -OCH3 is 1. The summed E-state index contributed by atoms with van der Waals surface area (Å²) in [5, 5.41) is 4.80. The lowest BCUT2D eigenvalue weighted by Crippen LogP contribution is -2.50. The van der Waals surface area contributed by atoms with Crippen molar-refractivity contribution in [3.8, 4) is 5.75 Å². The van der Waals surface area contributed by atoms with Gasteiger partial charge in [0, 0.05) is 37.1 Å². The van der Waals surface area contributed by atoms with Crippen molar-refractivity contribution in [3.05, 3.63) is 30.3 Å². The summed E-state index contributed by atoms with van der Waals surface area (Å²) < 4.78 is 33.7. The Morgan fingerprint density at radius 2 is 1.67 bits per heavy atom. The van der Waals surface area contributed by atoms with E-state index in [1.54, 1.807) is 44.2 Å². The number of hydrogen-bond acceptors (Lipinski definition) is 12. The summed E-state index contributed by atoms with van der Waals surface area (Å²) in [6.45, 7) is 6.31. The highest BCUT2D eigenvalue weighted by molar-refractivity contribution is 8.13. The van der Waals surface area contributed by atoms with E-state index in [0.717, 1.165) is 11.8 Å². The molecule has 0 aromatic heterocycles. The van der Waals surface area contributed by atoms with Crippen LogP contribution in [0.4, 0.5) is 0 Å². The van der Waals surface area contributed by atoms with Gasteiger partial charge in [-0.3, -0.25) is 37.8 Å². The summed E-state index contributed by atoms with van der Waals surface area (Å²) in [7, 11) is -2.86. The molecule has 1 aliphatic heterocycles. The molecule has 3 unspecified atom stereocenters. The molecule has 1 saturated heterocycles. The number of benzene rings is 1. The SMILES string of the molecule is COC(=O)CCC(=O)C(C)C(=O)C(C)C(=O)SCCNC(=O)CCNC(=O)[C@@H]1OP(=O)(Oc2ccccc2)OCC1(C)C. The summed E-state index contributed by atoms with van der Waals surface area (Å²) in [5.74, 6) is -4.09. The van der Waals surface area contributed by atoms with Gasteiger partial charge in [-0.2, -0.15) is 0 Å². The molecule has 0 radical (unpaired) electrons. The monoisotopic (exact) mass is 642 g/mol. The van der Waals surface area contributed by atoms with E-state index in [1.807, 2.05) is 0 Å². The third kappa shape index (κ3) is 11.5. The third-order valence-corrected chi connectivity index (χ3v) is 8.95. The van der Waals surface area contributed by atoms with E-state index in [4.69, 9.17) is 13.6 Å². The van der Waals surface area contributed by atoms with Crippen LogP contribution in [0.2, 0.25) is 0 Å². The number of para-hydroxylation sites is 1. The first-order chi connectivity index (χ1) is 20.2. The van der Waals surface area contributed by atoms with Crippen molar-refractivity contribution in [1.82, 2.24) is 10.6 Å². The van der Waals surface area contributed by atoms with Gasteiger partial charge < -0.3 is 19.9 Å². The lowest BCUT2D eigenvalue weighted by molar-refractivity contribution is -0.143. The zero-order valence-electron chi connectivity index (χ0n) is 24.9. The topological polar surface area (TPSA) is 180 Å². The van der Waals surface area contributed by atoms with Crippen LogP contribution in [0.15, 0.2) is 30.3 Å². The Bertz CT molecular complexity index is 1220. The van der Waals surface area contributed by atoms with Crippen molar-refractivity contribution in [2.45, 2.75) is 53.1 Å². The van der Waals surface area contributed by atoms with Crippen LogP contribution >= 0.6 is 19.6 Å². The Hall–Kier alpha value is -3.06. The zero-order valence-corrected chi connectivity index (χ0v) is 26.6. The number of carbonyl (C=O) groups excluding carboxylic acids is 6. The van der Waals surface area contributed by atoms with Crippen molar-refractivity contribution < 1.29 is 51.6 Å². The van der Waals surface area contributed by atoms with Crippen molar-refractivity contribution >= 4 is 54.1 Å². The van der Waals surface area contributed by atoms with Crippen molar-refractivity contribution in [3.63, 3.8) is 0 Å². The number of ketones is 2. The minimum Gasteiger partial charge on any atom is -0.469 e. The average molecular weight is 643 g/mol. The van der Waals surface area contributed by atoms with Gasteiger partial charge in [0.15, 0.2) is 17.0 Å². The minimum absolute atomic E-state index is 0.0230. The van der Waals surface area contributed by atoms with Crippen LogP contribution in [0.25, 0.3) is 0 Å². The fourth-order valence-corrected chi connectivity index (χ4v) is 6.26. The van der Waals surface area contributed by atoms with Crippen molar-refractivity contribution in [1.29, 1.82) is 0 Å². The Morgan fingerprint density at radius 1 is 1.00 bits per heavy atom. The maximum Gasteiger partial charge on any atom is 0.530 e. The smallest absolute Gasteiger partial charge is 0.469 e. The molecule has 0 spiro atoms. The van der Waals surface area contributed by atoms with Crippen molar-refractivity contribution in [2.24, 2.45) is 17.3 Å². The van der Waals surface area contributed by atoms with Crippen LogP contribution < -0.4 is 15.2 Å². The number of Topliss-reactive ketones (excluding diaryl/α,β-unsaturated/α-hetero) is 2. The summed E-state index contributed by atoms with van der Waals surface area (Å²) in [6, 6.07) is 8.29. The second-order valence-corrected chi connectivity index (χ2v) is 13.2. The van der Waals surface area contributed by atoms with Crippen LogP contribution in [-0.2, 0) is 47.1 Å². The van der Waals surface area contributed by atoms with Gasteiger partial charge in [-0.05, 0) is 26.0 Å². The third-order valence-electron chi connectivity index (χ3n) is 6.55. The summed E-state index contributed by atoms with van der Waals surface area (Å²) in [6.07, 6.45) is -1.51. The highest BCUT2D eigenvalue weighted by Crippen LogP contribution is 2.56. The Labute approximate surface area is 255 Å². The second kappa shape index (κ2) is 16.7. The number of nitrogens with one attached hydrogen (secondary N) is 2. The van der Waals surface area contributed by atoms with Gasteiger partial charge in [0.05, 0.1) is 32.0 Å². The van der Waals surface area contributed by atoms with Gasteiger partial charge in [-0.1, -0.05) is 43.8 Å². The fourth-order valence-electron chi connectivity index (χ4n) is 3.83. The number of ether oxygens (including phenoxy) is 1. The van der Waals surface area contributed by atoms with Gasteiger partial charge in [-0.25, -0.2) is 4.57 Å². The molecule has 13 nitrogen and oxygen atoms in total. The van der Waals surface area contributed by atoms with E-state index in [-0.39, 0.29) is 56.4 Å². The van der Waals surface area contributed by atoms with Crippen LogP contribution in [0.3, 0.4) is 0 Å². The first-order valence-electron chi connectivity index (χ1n) is 13.7. The number of rotatable bonds is 16. The molecule has 1 aromatic rings. The van der Waals surface area contributed by atoms with E-state index < -0.39 is 59.7 Å². The predicted octanol–water partition coefficient (Wildman–Crippen LogP) is 2.86. The number of phosphoric ester groups is 1. The molecule has 238 valence electrons. The van der Waals surface area contributed by atoms with Crippen molar-refractivity contribution in [2.75, 3.05) is 32.6 Å². The summed E-state index contributed by atoms with van der Waals surface area (Å²) >= 11 is 0.857. The van der Waals surface area contributed by atoms with Gasteiger partial charge in [-0.15, -0.1) is 0 Å². The molecule has 43 heavy (non-hydrogen) atoms. The molecule has 0 saturated carbocycles. The largest absolute Gasteiger partial charge is 0.530 e. The summed E-state index contributed by atoms with van der Waals surface area (Å²) in [4.78, 5) is 73.4. The molecule has 2 N–H and O–H groups in total. The number of hydrogen-bond donors (Lipinski definition) is 2. The highest BCUT2D eigenvalue weighted by Gasteiger charge is 2.50. The molecule has 2 amide bonds. The molecule has 0 bridgehead atoms. The first-order valence-corrected chi connectivity index (χ1v) is 16.2. The maximum absolute atomic E-state index is 13.0. The standard InChI is InChI=1S/C28H39N2O11PS/c1-18(21(31)11-12-23(33)38-5)24(34)19(2)27(36)43-16-15-29-22(32)13-14-30-26(35)25-28(3,4)17-39-42(37,41-25)40-20-9-7-6-8-10-20/h6-10,18-19,25H,11-17H2,1-5H3,(H,29,32)(H,30,35)/t18?,19?,25-,42?/m0/s1. The van der Waals surface area contributed by atoms with Crippen LogP contribution in [0, 0.1) is 17.3 Å². The van der Waals surface area contributed by atoms with E-state index in [0.29, 0.717) is 0 Å². The Balaban J connectivity index is 1.71. The van der Waals surface area contributed by atoms with Gasteiger partial charge in [0.2, 0.25) is 5.91 Å². The van der Waals surface area contributed by atoms with E-state index in [1.165, 1.54) is 21.0 Å². The average Bonchev–Trinajstić information content (AvgIpc) is 2.98. The lowest BCUT2D eigenvalue weighted by atomic mass is 9.87. The van der Waals surface area contributed by atoms with Crippen LogP contribution in [0.1, 0.15) is 47.0 Å². The molecule has 0 aliphatic carbocycles. The van der Waals surface area contributed by atoms with E-state index >= 15 is 0 Å². The van der Waals surface area contributed by atoms with Crippen LogP contribution in [-0.4, -0.2) is 73.1 Å². The normalized spacial score (nSPS) is 20.6. The molecule has 1 aromatic carbocycles.